The molecule has 4 aromatic rings. The van der Waals surface area contributed by atoms with Gasteiger partial charge < -0.3 is 19.4 Å². The summed E-state index contributed by atoms with van der Waals surface area (Å²) in [5, 5.41) is 1.27. The van der Waals surface area contributed by atoms with Crippen molar-refractivity contribution in [3.8, 4) is 11.1 Å². The van der Waals surface area contributed by atoms with E-state index >= 15 is 4.39 Å². The first-order valence-electron chi connectivity index (χ1n) is 13.7. The third-order valence-electron chi connectivity index (χ3n) is 7.12. The van der Waals surface area contributed by atoms with Crippen LogP contribution >= 0.6 is 0 Å². The molecule has 0 unspecified atom stereocenters. The van der Waals surface area contributed by atoms with Crippen LogP contribution in [0.4, 0.5) is 20.6 Å². The number of anilines is 2. The van der Waals surface area contributed by atoms with Crippen LogP contribution in [0.5, 0.6) is 0 Å². The number of amides is 1. The summed E-state index contributed by atoms with van der Waals surface area (Å²) in [7, 11) is 3.79. The lowest BCUT2D eigenvalue weighted by atomic mass is 10.0. The molecule has 0 saturated heterocycles. The SMILES string of the molecule is CCOC(=O)C1(c2ncc(-c3cnc4[nH]c5c(N(CC)C(=O)OC(C)(C)C)cc(F)cc5c4c3N(C)C)cn2)CC1. The zero-order chi connectivity index (χ0) is 29.7. The zero-order valence-electron chi connectivity index (χ0n) is 24.5. The van der Waals surface area contributed by atoms with Crippen molar-refractivity contribution >= 4 is 45.4 Å². The summed E-state index contributed by atoms with van der Waals surface area (Å²) in [5.41, 5.74) is 2.20. The average Bonchev–Trinajstić information content (AvgIpc) is 3.64. The highest BCUT2D eigenvalue weighted by atomic mass is 19.1. The van der Waals surface area contributed by atoms with Gasteiger partial charge in [0.1, 0.15) is 28.3 Å². The Labute approximate surface area is 237 Å². The highest BCUT2D eigenvalue weighted by Crippen LogP contribution is 2.48. The number of hydrogen-bond donors (Lipinski definition) is 1. The van der Waals surface area contributed by atoms with Gasteiger partial charge in [-0.3, -0.25) is 9.69 Å². The average molecular weight is 563 g/mol. The van der Waals surface area contributed by atoms with Gasteiger partial charge in [0.25, 0.3) is 0 Å². The van der Waals surface area contributed by atoms with Crippen molar-refractivity contribution in [3.63, 3.8) is 0 Å². The molecule has 216 valence electrons. The number of H-pyrrole nitrogens is 1. The van der Waals surface area contributed by atoms with Crippen molar-refractivity contribution in [3.05, 3.63) is 42.4 Å². The Bertz CT molecular complexity index is 1640. The van der Waals surface area contributed by atoms with E-state index in [0.29, 0.717) is 58.5 Å². The lowest BCUT2D eigenvalue weighted by Gasteiger charge is -2.27. The summed E-state index contributed by atoms with van der Waals surface area (Å²) < 4.78 is 26.0. The molecule has 41 heavy (non-hydrogen) atoms. The third kappa shape index (κ3) is 5.05. The van der Waals surface area contributed by atoms with Gasteiger partial charge in [-0.2, -0.15) is 0 Å². The number of rotatable bonds is 7. The molecule has 1 N–H and O–H groups in total. The normalized spacial score (nSPS) is 14.2. The molecule has 3 aromatic heterocycles. The number of nitrogens with zero attached hydrogens (tertiary/aromatic N) is 5. The molecule has 10 nitrogen and oxygen atoms in total. The molecule has 1 aliphatic rings. The number of fused-ring (bicyclic) bond motifs is 3. The van der Waals surface area contributed by atoms with E-state index in [1.807, 2.05) is 25.9 Å². The fourth-order valence-corrected chi connectivity index (χ4v) is 5.12. The molecule has 1 fully saturated rings. The zero-order valence-corrected chi connectivity index (χ0v) is 24.5. The van der Waals surface area contributed by atoms with Gasteiger partial charge in [0.15, 0.2) is 0 Å². The maximum absolute atomic E-state index is 15.2. The van der Waals surface area contributed by atoms with Crippen molar-refractivity contribution in [1.29, 1.82) is 0 Å². The minimum Gasteiger partial charge on any atom is -0.465 e. The lowest BCUT2D eigenvalue weighted by Crippen LogP contribution is -2.37. The van der Waals surface area contributed by atoms with Crippen LogP contribution in [0.3, 0.4) is 0 Å². The molecule has 5 rings (SSSR count). The summed E-state index contributed by atoms with van der Waals surface area (Å²) >= 11 is 0. The lowest BCUT2D eigenvalue weighted by molar-refractivity contribution is -0.146. The number of aromatic nitrogens is 4. The van der Waals surface area contributed by atoms with E-state index < -0.39 is 22.9 Å². The largest absolute Gasteiger partial charge is 0.465 e. The monoisotopic (exact) mass is 562 g/mol. The Morgan fingerprint density at radius 2 is 1.76 bits per heavy atom. The van der Waals surface area contributed by atoms with Gasteiger partial charge in [-0.15, -0.1) is 0 Å². The third-order valence-corrected chi connectivity index (χ3v) is 7.12. The van der Waals surface area contributed by atoms with E-state index in [2.05, 4.69) is 19.9 Å². The number of ether oxygens (including phenoxy) is 2. The highest BCUT2D eigenvalue weighted by Gasteiger charge is 2.55. The van der Waals surface area contributed by atoms with Gasteiger partial charge >= 0.3 is 12.1 Å². The number of esters is 1. The van der Waals surface area contributed by atoms with Crippen LogP contribution in [0.1, 0.15) is 53.3 Å². The van der Waals surface area contributed by atoms with Gasteiger partial charge in [0.05, 0.1) is 28.9 Å². The summed E-state index contributed by atoms with van der Waals surface area (Å²) in [6.45, 7) is 9.53. The van der Waals surface area contributed by atoms with Crippen molar-refractivity contribution in [2.24, 2.45) is 0 Å². The second-order valence-electron chi connectivity index (χ2n) is 11.4. The Hall–Kier alpha value is -4.28. The number of aromatic amines is 1. The van der Waals surface area contributed by atoms with Crippen molar-refractivity contribution in [2.45, 2.75) is 58.5 Å². The van der Waals surface area contributed by atoms with E-state index in [0.717, 1.165) is 11.3 Å². The van der Waals surface area contributed by atoms with E-state index in [-0.39, 0.29) is 12.5 Å². The van der Waals surface area contributed by atoms with Gasteiger partial charge in [-0.25, -0.2) is 24.1 Å². The first-order valence-corrected chi connectivity index (χ1v) is 13.7. The number of benzene rings is 1. The summed E-state index contributed by atoms with van der Waals surface area (Å²) in [6, 6.07) is 2.76. The molecular weight excluding hydrogens is 527 g/mol. The maximum atomic E-state index is 15.2. The number of hydrogen-bond acceptors (Lipinski definition) is 8. The number of pyridine rings is 1. The first kappa shape index (κ1) is 28.3. The minimum absolute atomic E-state index is 0.277. The molecule has 1 aliphatic carbocycles. The molecule has 0 atom stereocenters. The Kier molecular flexibility index (Phi) is 7.08. The Balaban J connectivity index is 1.64. The van der Waals surface area contributed by atoms with Crippen LogP contribution in [0.2, 0.25) is 0 Å². The first-order chi connectivity index (χ1) is 19.4. The van der Waals surface area contributed by atoms with E-state index in [1.54, 1.807) is 46.3 Å². The minimum atomic E-state index is -0.773. The van der Waals surface area contributed by atoms with E-state index in [1.165, 1.54) is 17.0 Å². The van der Waals surface area contributed by atoms with Gasteiger partial charge in [0.2, 0.25) is 0 Å². The summed E-state index contributed by atoms with van der Waals surface area (Å²) in [4.78, 5) is 46.0. The fourth-order valence-electron chi connectivity index (χ4n) is 5.12. The number of carbonyl (C=O) groups is 2. The second kappa shape index (κ2) is 10.3. The quantitative estimate of drug-likeness (QED) is 0.284. The second-order valence-corrected chi connectivity index (χ2v) is 11.4. The summed E-state index contributed by atoms with van der Waals surface area (Å²) in [6.07, 6.45) is 5.82. The van der Waals surface area contributed by atoms with Gasteiger partial charge in [-0.1, -0.05) is 0 Å². The molecule has 11 heteroatoms. The predicted molar refractivity (Wildman–Crippen MR) is 156 cm³/mol. The van der Waals surface area contributed by atoms with Crippen LogP contribution < -0.4 is 9.80 Å². The van der Waals surface area contributed by atoms with Crippen LogP contribution in [0.25, 0.3) is 33.1 Å². The molecule has 1 saturated carbocycles. The fraction of sp³-hybridized carbons (Fsp3) is 0.433. The van der Waals surface area contributed by atoms with E-state index in [9.17, 15) is 9.59 Å². The van der Waals surface area contributed by atoms with Crippen LogP contribution in [-0.4, -0.2) is 64.8 Å². The van der Waals surface area contributed by atoms with Crippen molar-refractivity contribution in [1.82, 2.24) is 19.9 Å². The topological polar surface area (TPSA) is 114 Å². The number of nitrogens with one attached hydrogen (secondary N) is 1. The van der Waals surface area contributed by atoms with Crippen LogP contribution in [-0.2, 0) is 19.7 Å². The molecular formula is C30H35FN6O4. The van der Waals surface area contributed by atoms with E-state index in [4.69, 9.17) is 9.47 Å². The Morgan fingerprint density at radius 3 is 2.32 bits per heavy atom. The molecule has 0 spiro atoms. The van der Waals surface area contributed by atoms with Crippen LogP contribution in [0, 0.1) is 5.82 Å². The smallest absolute Gasteiger partial charge is 0.414 e. The van der Waals surface area contributed by atoms with Crippen molar-refractivity contribution < 1.29 is 23.5 Å². The molecule has 3 heterocycles. The molecule has 0 radical (unpaired) electrons. The van der Waals surface area contributed by atoms with Gasteiger partial charge in [0, 0.05) is 55.7 Å². The van der Waals surface area contributed by atoms with Crippen LogP contribution in [0.15, 0.2) is 30.7 Å². The molecule has 0 aliphatic heterocycles. The van der Waals surface area contributed by atoms with Crippen molar-refractivity contribution in [2.75, 3.05) is 37.0 Å². The number of carbonyl (C=O) groups excluding carboxylic acids is 2. The molecule has 1 amide bonds. The molecule has 1 aromatic carbocycles. The molecule has 0 bridgehead atoms. The predicted octanol–water partition coefficient (Wildman–Crippen LogP) is 5.73. The van der Waals surface area contributed by atoms with Gasteiger partial charge in [-0.05, 0) is 59.6 Å². The number of halogens is 1. The standard InChI is InChI=1S/C30H35FN6O4/c1-8-37(28(39)41-29(3,4)5)21-13-18(31)12-19-22-24(36(6)7)20(16-32-25(22)35-23(19)21)17-14-33-26(34-15-17)30(10-11-30)27(38)40-9-2/h12-16H,8-11H2,1-7H3,(H,32,35). The summed E-state index contributed by atoms with van der Waals surface area (Å²) in [5.74, 6) is -0.346. The maximum Gasteiger partial charge on any atom is 0.414 e. The Morgan fingerprint density at radius 1 is 1.07 bits per heavy atom. The highest BCUT2D eigenvalue weighted by molar-refractivity contribution is 6.18.